The number of halogens is 4. The summed E-state index contributed by atoms with van der Waals surface area (Å²) >= 11 is 0. The number of hydrogen-bond acceptors (Lipinski definition) is 4. The van der Waals surface area contributed by atoms with Crippen molar-refractivity contribution in [2.45, 2.75) is 33.1 Å². The molecule has 0 aliphatic rings. The van der Waals surface area contributed by atoms with Crippen LogP contribution in [-0.4, -0.2) is 22.6 Å². The Bertz CT molecular complexity index is 1280. The Kier molecular flexibility index (Phi) is 6.50. The van der Waals surface area contributed by atoms with Crippen molar-refractivity contribution in [2.24, 2.45) is 5.41 Å². The van der Waals surface area contributed by atoms with Crippen LogP contribution in [0.4, 0.5) is 17.6 Å². The molecule has 0 spiro atoms. The van der Waals surface area contributed by atoms with Crippen LogP contribution in [0, 0.1) is 16.6 Å². The van der Waals surface area contributed by atoms with Crippen LogP contribution in [0.15, 0.2) is 54.6 Å². The van der Waals surface area contributed by atoms with Gasteiger partial charge in [-0.15, -0.1) is 0 Å². The average Bonchev–Trinajstić information content (AvgIpc) is 2.79. The Hall–Kier alpha value is -3.75. The lowest BCUT2D eigenvalue weighted by molar-refractivity contribution is -0.143. The fourth-order valence-corrected chi connectivity index (χ4v) is 3.31. The molecule has 9 heteroatoms. The molecule has 0 bridgehead atoms. The summed E-state index contributed by atoms with van der Waals surface area (Å²) in [6, 6.07) is 11.3. The first kappa shape index (κ1) is 24.9. The van der Waals surface area contributed by atoms with Crippen molar-refractivity contribution >= 4 is 28.2 Å². The van der Waals surface area contributed by atoms with Gasteiger partial charge in [0.2, 0.25) is 5.78 Å². The monoisotopic (exact) mass is 475 g/mol. The molecule has 2 N–H and O–H groups in total. The molecule has 34 heavy (non-hydrogen) atoms. The van der Waals surface area contributed by atoms with E-state index in [-0.39, 0.29) is 22.1 Å². The van der Waals surface area contributed by atoms with E-state index >= 15 is 0 Å². The van der Waals surface area contributed by atoms with Crippen molar-refractivity contribution < 1.29 is 37.0 Å². The summed E-state index contributed by atoms with van der Waals surface area (Å²) in [5.74, 6) is -3.31. The number of carbonyl (C=O) groups excluding carboxylic acids is 1. The normalized spacial score (nSPS) is 12.9. The number of aliphatic carboxylic acids is 1. The van der Waals surface area contributed by atoms with Crippen molar-refractivity contribution in [3.63, 3.8) is 0 Å². The number of carbonyl (C=O) groups is 2. The predicted octanol–water partition coefficient (Wildman–Crippen LogP) is 6.45. The lowest BCUT2D eigenvalue weighted by atomic mass is 9.83. The summed E-state index contributed by atoms with van der Waals surface area (Å²) in [5, 5.41) is 17.9. The van der Waals surface area contributed by atoms with Crippen LogP contribution in [0.1, 0.15) is 48.4 Å². The van der Waals surface area contributed by atoms with Gasteiger partial charge in [0.25, 0.3) is 0 Å². The molecule has 1 atom stereocenters. The number of rotatable bonds is 7. The predicted molar refractivity (Wildman–Crippen MR) is 118 cm³/mol. The first-order valence-corrected chi connectivity index (χ1v) is 10.2. The lowest BCUT2D eigenvalue weighted by Gasteiger charge is -2.23. The van der Waals surface area contributed by atoms with Crippen LogP contribution in [-0.2, 0) is 11.0 Å². The third-order valence-electron chi connectivity index (χ3n) is 5.58. The van der Waals surface area contributed by atoms with Crippen LogP contribution in [0.25, 0.3) is 10.8 Å². The number of Topliss-reactive ketones (excluding diaryl/α,β-unsaturated/α-hetero) is 1. The Morgan fingerprint density at radius 3 is 2.09 bits per heavy atom. The van der Waals surface area contributed by atoms with E-state index in [9.17, 15) is 32.3 Å². The molecule has 0 fully saturated rings. The average molecular weight is 475 g/mol. The van der Waals surface area contributed by atoms with Gasteiger partial charge in [0.15, 0.2) is 0 Å². The first-order chi connectivity index (χ1) is 15.7. The second-order valence-electron chi connectivity index (χ2n) is 8.29. The van der Waals surface area contributed by atoms with E-state index in [2.05, 4.69) is 0 Å². The van der Waals surface area contributed by atoms with Crippen LogP contribution in [0.3, 0.4) is 0 Å². The lowest BCUT2D eigenvalue weighted by Crippen LogP contribution is -2.38. The van der Waals surface area contributed by atoms with Gasteiger partial charge in [0, 0.05) is 10.8 Å². The second-order valence-corrected chi connectivity index (χ2v) is 8.29. The molecule has 0 saturated heterocycles. The summed E-state index contributed by atoms with van der Waals surface area (Å²) in [5.41, 5.74) is -3.46. The summed E-state index contributed by atoms with van der Waals surface area (Å²) in [6.45, 7) is 3.90. The minimum absolute atomic E-state index is 0.0969. The van der Waals surface area contributed by atoms with Crippen molar-refractivity contribution in [2.75, 3.05) is 0 Å². The zero-order valence-electron chi connectivity index (χ0n) is 18.5. The van der Waals surface area contributed by atoms with Gasteiger partial charge < -0.3 is 15.3 Å². The molecule has 3 aromatic rings. The highest BCUT2D eigenvalue weighted by Crippen LogP contribution is 2.37. The number of ether oxygens (including phenoxy) is 1. The summed E-state index contributed by atoms with van der Waals surface area (Å²) in [4.78, 5) is 24.7. The van der Waals surface area contributed by atoms with Gasteiger partial charge in [-0.2, -0.15) is 13.2 Å². The maximum absolute atomic E-state index is 14.8. The smallest absolute Gasteiger partial charge is 0.416 e. The van der Waals surface area contributed by atoms with Gasteiger partial charge in [-0.1, -0.05) is 36.4 Å². The number of carboxylic acids is 1. The third-order valence-corrected chi connectivity index (χ3v) is 5.58. The molecule has 3 rings (SSSR count). The van der Waals surface area contributed by atoms with E-state index in [1.165, 1.54) is 38.1 Å². The van der Waals surface area contributed by atoms with Gasteiger partial charge in [0.1, 0.15) is 23.1 Å². The molecule has 0 amide bonds. The topological polar surface area (TPSA) is 87.5 Å². The number of carboxylic acid groups (broad SMARTS) is 1. The summed E-state index contributed by atoms with van der Waals surface area (Å²) in [6.07, 6.45) is -5.36. The molecular formula is C25H21F4NO4. The van der Waals surface area contributed by atoms with Crippen LogP contribution in [0.5, 0.6) is 5.75 Å². The van der Waals surface area contributed by atoms with E-state index in [1.54, 1.807) is 19.1 Å². The molecular weight excluding hydrogens is 454 g/mol. The molecule has 0 aliphatic heterocycles. The minimum atomic E-state index is -4.51. The van der Waals surface area contributed by atoms with Gasteiger partial charge in [-0.05, 0) is 44.5 Å². The maximum atomic E-state index is 14.8. The minimum Gasteiger partial charge on any atom is -0.485 e. The van der Waals surface area contributed by atoms with Crippen molar-refractivity contribution in [1.82, 2.24) is 0 Å². The fourth-order valence-electron chi connectivity index (χ4n) is 3.31. The largest absolute Gasteiger partial charge is 0.485 e. The number of nitrogens with one attached hydrogen (secondary N) is 1. The quantitative estimate of drug-likeness (QED) is 0.234. The molecule has 3 aromatic carbocycles. The Morgan fingerprint density at radius 2 is 1.56 bits per heavy atom. The van der Waals surface area contributed by atoms with Gasteiger partial charge in [0.05, 0.1) is 16.8 Å². The Balaban J connectivity index is 2.10. The highest BCUT2D eigenvalue weighted by Gasteiger charge is 2.38. The van der Waals surface area contributed by atoms with Gasteiger partial charge >= 0.3 is 12.1 Å². The van der Waals surface area contributed by atoms with E-state index in [1.807, 2.05) is 0 Å². The van der Waals surface area contributed by atoms with Gasteiger partial charge in [-0.3, -0.25) is 9.59 Å². The number of ketones is 1. The number of benzene rings is 3. The fraction of sp³-hybridized carbons (Fsp3) is 0.240. The Labute approximate surface area is 192 Å². The molecule has 0 heterocycles. The van der Waals surface area contributed by atoms with E-state index in [0.29, 0.717) is 5.56 Å². The third kappa shape index (κ3) is 4.64. The molecule has 0 aromatic heterocycles. The van der Waals surface area contributed by atoms with E-state index in [0.717, 1.165) is 18.2 Å². The van der Waals surface area contributed by atoms with E-state index in [4.69, 9.17) is 10.1 Å². The van der Waals surface area contributed by atoms with Crippen LogP contribution < -0.4 is 4.74 Å². The van der Waals surface area contributed by atoms with E-state index < -0.39 is 46.5 Å². The summed E-state index contributed by atoms with van der Waals surface area (Å²) in [7, 11) is 0. The maximum Gasteiger partial charge on any atom is 0.416 e. The molecule has 5 nitrogen and oxygen atoms in total. The van der Waals surface area contributed by atoms with Crippen LogP contribution in [0.2, 0.25) is 0 Å². The summed E-state index contributed by atoms with van der Waals surface area (Å²) < 4.78 is 59.4. The molecule has 0 aliphatic carbocycles. The van der Waals surface area contributed by atoms with Crippen molar-refractivity contribution in [3.8, 4) is 5.75 Å². The molecule has 1 unspecified atom stereocenters. The number of alkyl halides is 3. The molecule has 178 valence electrons. The number of fused-ring (bicyclic) bond motifs is 1. The van der Waals surface area contributed by atoms with Crippen LogP contribution >= 0.6 is 0 Å². The zero-order valence-corrected chi connectivity index (χ0v) is 18.5. The van der Waals surface area contributed by atoms with Gasteiger partial charge in [-0.25, -0.2) is 4.39 Å². The highest BCUT2D eigenvalue weighted by molar-refractivity contribution is 6.49. The highest BCUT2D eigenvalue weighted by atomic mass is 19.4. The van der Waals surface area contributed by atoms with Crippen molar-refractivity contribution in [1.29, 1.82) is 5.41 Å². The second kappa shape index (κ2) is 8.89. The molecule has 0 saturated carbocycles. The SMILES string of the molecule is CC(Oc1c(C(=O)C(=N)C(C)(C)C(=O)O)cc(F)c2ccccc12)c1ccc(C(F)(F)F)cc1. The standard InChI is InChI=1S/C25H21F4NO4/c1-13(14-8-10-15(11-9-14)25(27,28)29)34-21-17-7-5-4-6-16(17)19(26)12-18(21)20(31)22(30)24(2,3)23(32)33/h4-13,30H,1-3H3,(H,32,33). The Morgan fingerprint density at radius 1 is 1.00 bits per heavy atom. The molecule has 0 radical (unpaired) electrons. The first-order valence-electron chi connectivity index (χ1n) is 10.2. The van der Waals surface area contributed by atoms with Crippen molar-refractivity contribution in [3.05, 3.63) is 77.1 Å². The zero-order chi connectivity index (χ0) is 25.4. The number of hydrogen-bond donors (Lipinski definition) is 2.